The number of halogens is 2. The van der Waals surface area contributed by atoms with E-state index in [0.717, 1.165) is 12.0 Å². The summed E-state index contributed by atoms with van der Waals surface area (Å²) in [5, 5.41) is 6.42. The van der Waals surface area contributed by atoms with Crippen LogP contribution in [0, 0.1) is 5.92 Å². The SMILES string of the molecule is O=C(Nc1nccs1)C(CC1CCCCC1)c1ccc(Cl)c(Cl)c1. The van der Waals surface area contributed by atoms with Gasteiger partial charge in [0.2, 0.25) is 5.91 Å². The zero-order valence-electron chi connectivity index (χ0n) is 13.3. The summed E-state index contributed by atoms with van der Waals surface area (Å²) in [5.41, 5.74) is 0.920. The molecule has 128 valence electrons. The molecule has 1 saturated carbocycles. The number of carbonyl (C=O) groups excluding carboxylic acids is 1. The quantitative estimate of drug-likeness (QED) is 0.674. The van der Waals surface area contributed by atoms with Gasteiger partial charge in [-0.1, -0.05) is 61.4 Å². The van der Waals surface area contributed by atoms with Crippen LogP contribution in [-0.4, -0.2) is 10.9 Å². The Kier molecular flexibility index (Phi) is 6.14. The Morgan fingerprint density at radius 1 is 1.25 bits per heavy atom. The average molecular weight is 383 g/mol. The van der Waals surface area contributed by atoms with Crippen molar-refractivity contribution in [2.45, 2.75) is 44.4 Å². The van der Waals surface area contributed by atoms with Crippen LogP contribution in [0.15, 0.2) is 29.8 Å². The molecule has 0 radical (unpaired) electrons. The maximum absolute atomic E-state index is 12.9. The summed E-state index contributed by atoms with van der Waals surface area (Å²) >= 11 is 13.6. The number of nitrogens with zero attached hydrogens (tertiary/aromatic N) is 1. The maximum atomic E-state index is 12.9. The molecule has 6 heteroatoms. The number of amides is 1. The van der Waals surface area contributed by atoms with Crippen LogP contribution in [-0.2, 0) is 4.79 Å². The zero-order chi connectivity index (χ0) is 16.9. The second kappa shape index (κ2) is 8.32. The standard InChI is InChI=1S/C18H20Cl2N2OS/c19-15-7-6-13(11-16(15)20)14(10-12-4-2-1-3-5-12)17(23)22-18-21-8-9-24-18/h6-9,11-12,14H,1-5,10H2,(H,21,22,23). The van der Waals surface area contributed by atoms with Crippen molar-refractivity contribution < 1.29 is 4.79 Å². The minimum Gasteiger partial charge on any atom is -0.301 e. The number of hydrogen-bond acceptors (Lipinski definition) is 3. The van der Waals surface area contributed by atoms with Gasteiger partial charge >= 0.3 is 0 Å². The molecule has 3 rings (SSSR count). The molecule has 0 aliphatic heterocycles. The van der Waals surface area contributed by atoms with Crippen molar-refractivity contribution in [1.82, 2.24) is 4.98 Å². The molecule has 1 aromatic heterocycles. The Morgan fingerprint density at radius 3 is 2.71 bits per heavy atom. The van der Waals surface area contributed by atoms with Gasteiger partial charge in [0.25, 0.3) is 0 Å². The Morgan fingerprint density at radius 2 is 2.04 bits per heavy atom. The van der Waals surface area contributed by atoms with Gasteiger partial charge in [-0.2, -0.15) is 0 Å². The van der Waals surface area contributed by atoms with Crippen LogP contribution in [0.2, 0.25) is 10.0 Å². The van der Waals surface area contributed by atoms with Gasteiger partial charge in [-0.25, -0.2) is 4.98 Å². The van der Waals surface area contributed by atoms with Gasteiger partial charge in [-0.3, -0.25) is 4.79 Å². The van der Waals surface area contributed by atoms with Gasteiger partial charge in [0.15, 0.2) is 5.13 Å². The number of anilines is 1. The minimum atomic E-state index is -0.230. The normalized spacial score (nSPS) is 16.8. The van der Waals surface area contributed by atoms with Crippen molar-refractivity contribution in [3.63, 3.8) is 0 Å². The summed E-state index contributed by atoms with van der Waals surface area (Å²) < 4.78 is 0. The third-order valence-corrected chi connectivity index (χ3v) is 6.05. The van der Waals surface area contributed by atoms with Crippen molar-refractivity contribution in [2.24, 2.45) is 5.92 Å². The summed E-state index contributed by atoms with van der Waals surface area (Å²) in [5.74, 6) is 0.334. The minimum absolute atomic E-state index is 0.0195. The molecule has 0 bridgehead atoms. The fourth-order valence-corrected chi connectivity index (χ4v) is 4.20. The van der Waals surface area contributed by atoms with Gasteiger partial charge in [-0.05, 0) is 30.0 Å². The highest BCUT2D eigenvalue weighted by atomic mass is 35.5. The predicted molar refractivity (Wildman–Crippen MR) is 101 cm³/mol. The number of hydrogen-bond donors (Lipinski definition) is 1. The lowest BCUT2D eigenvalue weighted by molar-refractivity contribution is -0.118. The molecule has 1 amide bonds. The van der Waals surface area contributed by atoms with E-state index in [1.807, 2.05) is 17.5 Å². The van der Waals surface area contributed by atoms with Crippen LogP contribution in [0.25, 0.3) is 0 Å². The molecule has 1 aliphatic carbocycles. The highest BCUT2D eigenvalue weighted by molar-refractivity contribution is 7.13. The van der Waals surface area contributed by atoms with Crippen LogP contribution >= 0.6 is 34.5 Å². The first-order valence-corrected chi connectivity index (χ1v) is 9.92. The van der Waals surface area contributed by atoms with Crippen LogP contribution in [0.4, 0.5) is 5.13 Å². The topological polar surface area (TPSA) is 42.0 Å². The summed E-state index contributed by atoms with van der Waals surface area (Å²) in [6.45, 7) is 0. The number of carbonyl (C=O) groups is 1. The van der Waals surface area contributed by atoms with E-state index in [1.54, 1.807) is 12.3 Å². The number of thiazole rings is 1. The molecule has 1 atom stereocenters. The lowest BCUT2D eigenvalue weighted by Gasteiger charge is -2.26. The van der Waals surface area contributed by atoms with E-state index in [-0.39, 0.29) is 11.8 Å². The highest BCUT2D eigenvalue weighted by Crippen LogP contribution is 2.35. The Bertz CT molecular complexity index is 684. The second-order valence-corrected chi connectivity index (χ2v) is 8.00. The summed E-state index contributed by atoms with van der Waals surface area (Å²) in [6.07, 6.45) is 8.74. The molecule has 24 heavy (non-hydrogen) atoms. The van der Waals surface area contributed by atoms with Gasteiger partial charge in [0.05, 0.1) is 16.0 Å². The van der Waals surface area contributed by atoms with Gasteiger partial charge in [0.1, 0.15) is 0 Å². The lowest BCUT2D eigenvalue weighted by atomic mass is 9.80. The van der Waals surface area contributed by atoms with E-state index in [0.29, 0.717) is 21.1 Å². The molecular formula is C18H20Cl2N2OS. The zero-order valence-corrected chi connectivity index (χ0v) is 15.6. The molecule has 0 saturated heterocycles. The molecule has 1 unspecified atom stereocenters. The van der Waals surface area contributed by atoms with E-state index >= 15 is 0 Å². The average Bonchev–Trinajstić information content (AvgIpc) is 3.09. The number of aromatic nitrogens is 1. The van der Waals surface area contributed by atoms with E-state index in [4.69, 9.17) is 23.2 Å². The monoisotopic (exact) mass is 382 g/mol. The fourth-order valence-electron chi connectivity index (χ4n) is 3.36. The Hall–Kier alpha value is -1.10. The molecule has 0 spiro atoms. The first-order valence-electron chi connectivity index (χ1n) is 8.29. The Labute approximate surface area is 156 Å². The second-order valence-electron chi connectivity index (χ2n) is 6.29. The third-order valence-electron chi connectivity index (χ3n) is 4.62. The molecule has 1 heterocycles. The van der Waals surface area contributed by atoms with E-state index < -0.39 is 0 Å². The van der Waals surface area contributed by atoms with Gasteiger partial charge in [-0.15, -0.1) is 11.3 Å². The van der Waals surface area contributed by atoms with Gasteiger partial charge < -0.3 is 5.32 Å². The molecule has 1 aromatic carbocycles. The van der Waals surface area contributed by atoms with Crippen LogP contribution in [0.5, 0.6) is 0 Å². The molecule has 3 nitrogen and oxygen atoms in total. The molecule has 1 aliphatic rings. The maximum Gasteiger partial charge on any atom is 0.233 e. The third kappa shape index (κ3) is 4.50. The van der Waals surface area contributed by atoms with Crippen molar-refractivity contribution in [1.29, 1.82) is 0 Å². The number of nitrogens with one attached hydrogen (secondary N) is 1. The molecular weight excluding hydrogens is 363 g/mol. The Balaban J connectivity index is 1.81. The fraction of sp³-hybridized carbons (Fsp3) is 0.444. The first kappa shape index (κ1) is 17.7. The first-order chi connectivity index (χ1) is 11.6. The van der Waals surface area contributed by atoms with Crippen molar-refractivity contribution in [3.8, 4) is 0 Å². The number of benzene rings is 1. The van der Waals surface area contributed by atoms with Gasteiger partial charge in [0, 0.05) is 11.6 Å². The molecule has 2 aromatic rings. The molecule has 1 N–H and O–H groups in total. The smallest absolute Gasteiger partial charge is 0.233 e. The van der Waals surface area contributed by atoms with Crippen molar-refractivity contribution in [3.05, 3.63) is 45.4 Å². The molecule has 1 fully saturated rings. The summed E-state index contributed by atoms with van der Waals surface area (Å²) in [6, 6.07) is 5.49. The van der Waals surface area contributed by atoms with Crippen molar-refractivity contribution >= 4 is 45.6 Å². The number of rotatable bonds is 5. The largest absolute Gasteiger partial charge is 0.301 e. The van der Waals surface area contributed by atoms with Crippen LogP contribution < -0.4 is 5.32 Å². The van der Waals surface area contributed by atoms with Crippen LogP contribution in [0.1, 0.15) is 50.0 Å². The van der Waals surface area contributed by atoms with Crippen molar-refractivity contribution in [2.75, 3.05) is 5.32 Å². The van der Waals surface area contributed by atoms with Crippen LogP contribution in [0.3, 0.4) is 0 Å². The van der Waals surface area contributed by atoms with E-state index in [9.17, 15) is 4.79 Å². The summed E-state index contributed by atoms with van der Waals surface area (Å²) in [7, 11) is 0. The van der Waals surface area contributed by atoms with E-state index in [1.165, 1.54) is 43.4 Å². The predicted octanol–water partition coefficient (Wildman–Crippen LogP) is 6.14. The highest BCUT2D eigenvalue weighted by Gasteiger charge is 2.27. The van der Waals surface area contributed by atoms with E-state index in [2.05, 4.69) is 10.3 Å². The summed E-state index contributed by atoms with van der Waals surface area (Å²) in [4.78, 5) is 17.0. The lowest BCUT2D eigenvalue weighted by Crippen LogP contribution is -2.24.